The third-order valence-corrected chi connectivity index (χ3v) is 3.75. The van der Waals surface area contributed by atoms with E-state index in [1.807, 2.05) is 37.3 Å². The maximum atomic E-state index is 8.98. The van der Waals surface area contributed by atoms with Gasteiger partial charge in [-0.25, -0.2) is 0 Å². The normalized spacial score (nSPS) is 10.7. The van der Waals surface area contributed by atoms with Gasteiger partial charge in [-0.1, -0.05) is 35.0 Å². The second kappa shape index (κ2) is 5.14. The number of nitrogens with two attached hydrogens (primary N) is 1. The molecule has 0 unspecified atom stereocenters. The van der Waals surface area contributed by atoms with Gasteiger partial charge >= 0.3 is 0 Å². The summed E-state index contributed by atoms with van der Waals surface area (Å²) in [7, 11) is 0. The Labute approximate surface area is 129 Å². The Morgan fingerprint density at radius 3 is 2.62 bits per heavy atom. The van der Waals surface area contributed by atoms with Crippen molar-refractivity contribution in [1.29, 1.82) is 5.26 Å². The molecule has 0 saturated carbocycles. The number of aryl methyl sites for hydroxylation is 1. The molecule has 2 heterocycles. The van der Waals surface area contributed by atoms with E-state index in [9.17, 15) is 0 Å². The molecule has 0 aliphatic rings. The summed E-state index contributed by atoms with van der Waals surface area (Å²) >= 11 is 3.42. The van der Waals surface area contributed by atoms with Crippen LogP contribution in [-0.2, 0) is 6.42 Å². The first-order valence-electron chi connectivity index (χ1n) is 6.35. The minimum Gasteiger partial charge on any atom is -0.381 e. The van der Waals surface area contributed by atoms with Gasteiger partial charge in [0.15, 0.2) is 11.5 Å². The van der Waals surface area contributed by atoms with Crippen LogP contribution in [-0.4, -0.2) is 19.8 Å². The van der Waals surface area contributed by atoms with Crippen LogP contribution < -0.4 is 5.73 Å². The Balaban J connectivity index is 2.34. The maximum Gasteiger partial charge on any atom is 0.205 e. The van der Waals surface area contributed by atoms with Gasteiger partial charge in [-0.15, -0.1) is 10.2 Å². The van der Waals surface area contributed by atoms with Crippen molar-refractivity contribution in [3.8, 4) is 17.2 Å². The first kappa shape index (κ1) is 13.5. The fourth-order valence-electron chi connectivity index (χ4n) is 2.20. The Kier molecular flexibility index (Phi) is 3.31. The lowest BCUT2D eigenvalue weighted by atomic mass is 10.0. The van der Waals surface area contributed by atoms with Crippen LogP contribution in [0.15, 0.2) is 28.7 Å². The predicted molar refractivity (Wildman–Crippen MR) is 82.4 cm³/mol. The zero-order valence-corrected chi connectivity index (χ0v) is 12.8. The van der Waals surface area contributed by atoms with Gasteiger partial charge in [0.2, 0.25) is 5.69 Å². The van der Waals surface area contributed by atoms with E-state index in [-0.39, 0.29) is 11.5 Å². The van der Waals surface area contributed by atoms with Crippen molar-refractivity contribution in [2.24, 2.45) is 0 Å². The quantitative estimate of drug-likeness (QED) is 0.772. The van der Waals surface area contributed by atoms with Gasteiger partial charge in [0.05, 0.1) is 11.3 Å². The van der Waals surface area contributed by atoms with E-state index in [1.165, 1.54) is 4.52 Å². The van der Waals surface area contributed by atoms with Gasteiger partial charge in [-0.2, -0.15) is 14.9 Å². The van der Waals surface area contributed by atoms with Gasteiger partial charge in [0, 0.05) is 4.47 Å². The molecule has 6 nitrogen and oxygen atoms in total. The average molecular weight is 343 g/mol. The number of rotatable bonds is 2. The van der Waals surface area contributed by atoms with Crippen molar-refractivity contribution in [1.82, 2.24) is 19.8 Å². The highest BCUT2D eigenvalue weighted by Crippen LogP contribution is 2.30. The highest BCUT2D eigenvalue weighted by atomic mass is 79.9. The molecule has 0 aliphatic heterocycles. The second-order valence-electron chi connectivity index (χ2n) is 4.46. The van der Waals surface area contributed by atoms with Crippen molar-refractivity contribution < 1.29 is 0 Å². The zero-order chi connectivity index (χ0) is 15.0. The molecule has 2 N–H and O–H groups in total. The third kappa shape index (κ3) is 2.14. The minimum atomic E-state index is 0.0787. The lowest BCUT2D eigenvalue weighted by Gasteiger charge is -2.02. The Hall–Kier alpha value is -2.46. The van der Waals surface area contributed by atoms with E-state index in [2.05, 4.69) is 31.2 Å². The molecule has 0 fully saturated rings. The summed E-state index contributed by atoms with van der Waals surface area (Å²) in [5.74, 6) is 0.209. The molecular formula is C14H11BrN6. The van der Waals surface area contributed by atoms with Crippen molar-refractivity contribution in [3.63, 3.8) is 0 Å². The number of fused-ring (bicyclic) bond motifs is 1. The molecule has 3 aromatic rings. The minimum absolute atomic E-state index is 0.0787. The van der Waals surface area contributed by atoms with Crippen LogP contribution in [0, 0.1) is 11.3 Å². The number of benzene rings is 1. The number of nitriles is 1. The summed E-state index contributed by atoms with van der Waals surface area (Å²) in [6.45, 7) is 2.01. The summed E-state index contributed by atoms with van der Waals surface area (Å²) < 4.78 is 2.49. The number of halogens is 1. The molecule has 104 valence electrons. The van der Waals surface area contributed by atoms with Crippen molar-refractivity contribution in [3.05, 3.63) is 40.1 Å². The zero-order valence-electron chi connectivity index (χ0n) is 11.2. The Bertz CT molecular complexity index is 860. The SMILES string of the molecule is CCc1nn2c(N)c(C#N)nnc2c1-c1ccc(Br)cc1. The number of anilines is 1. The molecular weight excluding hydrogens is 332 g/mol. The molecule has 0 bridgehead atoms. The maximum absolute atomic E-state index is 8.98. The summed E-state index contributed by atoms with van der Waals surface area (Å²) in [6, 6.07) is 9.79. The van der Waals surface area contributed by atoms with E-state index < -0.39 is 0 Å². The van der Waals surface area contributed by atoms with Gasteiger partial charge in [-0.05, 0) is 24.1 Å². The average Bonchev–Trinajstić information content (AvgIpc) is 2.88. The predicted octanol–water partition coefficient (Wildman–Crippen LogP) is 2.57. The molecule has 21 heavy (non-hydrogen) atoms. The molecule has 0 radical (unpaired) electrons. The van der Waals surface area contributed by atoms with Crippen LogP contribution in [0.1, 0.15) is 18.3 Å². The number of hydrogen-bond acceptors (Lipinski definition) is 5. The van der Waals surface area contributed by atoms with Gasteiger partial charge < -0.3 is 5.73 Å². The lowest BCUT2D eigenvalue weighted by Crippen LogP contribution is -2.06. The van der Waals surface area contributed by atoms with Crippen LogP contribution in [0.4, 0.5) is 5.82 Å². The molecule has 3 rings (SSSR count). The van der Waals surface area contributed by atoms with Crippen molar-refractivity contribution in [2.45, 2.75) is 13.3 Å². The molecule has 2 aromatic heterocycles. The summed E-state index contributed by atoms with van der Waals surface area (Å²) in [4.78, 5) is 0. The molecule has 0 aliphatic carbocycles. The standard InChI is InChI=1S/C14H11BrN6/c1-2-10-12(8-3-5-9(15)6-4-8)14-19-18-11(7-16)13(17)21(14)20-10/h3-6H,2,17H2,1H3. The first-order valence-corrected chi connectivity index (χ1v) is 7.14. The second-order valence-corrected chi connectivity index (χ2v) is 5.38. The first-order chi connectivity index (χ1) is 10.2. The van der Waals surface area contributed by atoms with E-state index >= 15 is 0 Å². The summed E-state index contributed by atoms with van der Waals surface area (Å²) in [6.07, 6.45) is 0.732. The van der Waals surface area contributed by atoms with Crippen LogP contribution in [0.3, 0.4) is 0 Å². The molecule has 0 saturated heterocycles. The van der Waals surface area contributed by atoms with E-state index in [4.69, 9.17) is 11.0 Å². The van der Waals surface area contributed by atoms with E-state index in [1.54, 1.807) is 0 Å². The van der Waals surface area contributed by atoms with Crippen molar-refractivity contribution in [2.75, 3.05) is 5.73 Å². The monoisotopic (exact) mass is 342 g/mol. The number of nitrogens with zero attached hydrogens (tertiary/aromatic N) is 5. The smallest absolute Gasteiger partial charge is 0.205 e. The fourth-order valence-corrected chi connectivity index (χ4v) is 2.47. The number of hydrogen-bond donors (Lipinski definition) is 1. The Morgan fingerprint density at radius 1 is 1.29 bits per heavy atom. The molecule has 0 atom stereocenters. The number of nitrogen functional groups attached to an aromatic ring is 1. The van der Waals surface area contributed by atoms with E-state index in [0.29, 0.717) is 5.65 Å². The van der Waals surface area contributed by atoms with Gasteiger partial charge in [0.1, 0.15) is 6.07 Å². The summed E-state index contributed by atoms with van der Waals surface area (Å²) in [5, 5.41) is 21.4. The third-order valence-electron chi connectivity index (χ3n) is 3.22. The van der Waals surface area contributed by atoms with E-state index in [0.717, 1.165) is 27.7 Å². The topological polar surface area (TPSA) is 92.9 Å². The van der Waals surface area contributed by atoms with Gasteiger partial charge in [-0.3, -0.25) is 0 Å². The fraction of sp³-hybridized carbons (Fsp3) is 0.143. The molecule has 7 heteroatoms. The lowest BCUT2D eigenvalue weighted by molar-refractivity contribution is 0.863. The molecule has 1 aromatic carbocycles. The molecule has 0 amide bonds. The van der Waals surface area contributed by atoms with Crippen LogP contribution >= 0.6 is 15.9 Å². The summed E-state index contributed by atoms with van der Waals surface area (Å²) in [5.41, 5.74) is 9.33. The number of aromatic nitrogens is 4. The van der Waals surface area contributed by atoms with Crippen LogP contribution in [0.2, 0.25) is 0 Å². The Morgan fingerprint density at radius 2 is 2.00 bits per heavy atom. The van der Waals surface area contributed by atoms with Crippen LogP contribution in [0.25, 0.3) is 16.8 Å². The van der Waals surface area contributed by atoms with Crippen LogP contribution in [0.5, 0.6) is 0 Å². The highest BCUT2D eigenvalue weighted by Gasteiger charge is 2.18. The molecule has 0 spiro atoms. The van der Waals surface area contributed by atoms with Crippen molar-refractivity contribution >= 4 is 27.4 Å². The highest BCUT2D eigenvalue weighted by molar-refractivity contribution is 9.10. The largest absolute Gasteiger partial charge is 0.381 e. The van der Waals surface area contributed by atoms with Gasteiger partial charge in [0.25, 0.3) is 0 Å².